The standard InChI is InChI=1S/C34H20N2O/c1-2-8-28-25(6-1)26-17-16-23(20-30(26)33-32(28)35-18-19-36-33)21-12-14-22(15-13-21)24-9-5-10-29-27-7-3-4-11-31(27)37-34(24)29/h1-20H. The van der Waals surface area contributed by atoms with E-state index < -0.39 is 0 Å². The molecular weight excluding hydrogens is 452 g/mol. The highest BCUT2D eigenvalue weighted by Gasteiger charge is 2.13. The van der Waals surface area contributed by atoms with E-state index in [-0.39, 0.29) is 0 Å². The number of aromatic nitrogens is 2. The van der Waals surface area contributed by atoms with Gasteiger partial charge >= 0.3 is 0 Å². The Labute approximate surface area is 212 Å². The van der Waals surface area contributed by atoms with Crippen molar-refractivity contribution < 1.29 is 4.42 Å². The van der Waals surface area contributed by atoms with Gasteiger partial charge in [-0.2, -0.15) is 0 Å². The Kier molecular flexibility index (Phi) is 4.23. The smallest absolute Gasteiger partial charge is 0.143 e. The number of hydrogen-bond acceptors (Lipinski definition) is 3. The largest absolute Gasteiger partial charge is 0.455 e. The maximum Gasteiger partial charge on any atom is 0.143 e. The fourth-order valence-electron chi connectivity index (χ4n) is 5.63. The van der Waals surface area contributed by atoms with Gasteiger partial charge in [0.05, 0.1) is 11.0 Å². The molecule has 8 rings (SSSR count). The van der Waals surface area contributed by atoms with E-state index in [0.29, 0.717) is 0 Å². The summed E-state index contributed by atoms with van der Waals surface area (Å²) in [7, 11) is 0. The lowest BCUT2D eigenvalue weighted by Gasteiger charge is -2.11. The van der Waals surface area contributed by atoms with Crippen LogP contribution in [0.3, 0.4) is 0 Å². The van der Waals surface area contributed by atoms with Crippen molar-refractivity contribution in [2.75, 3.05) is 0 Å². The molecule has 3 heteroatoms. The minimum atomic E-state index is 0.917. The molecule has 0 saturated heterocycles. The quantitative estimate of drug-likeness (QED) is 0.235. The maximum atomic E-state index is 6.26. The second-order valence-corrected chi connectivity index (χ2v) is 9.42. The molecule has 0 radical (unpaired) electrons. The first kappa shape index (κ1) is 20.2. The maximum absolute atomic E-state index is 6.26. The minimum Gasteiger partial charge on any atom is -0.455 e. The highest BCUT2D eigenvalue weighted by Crippen LogP contribution is 2.38. The van der Waals surface area contributed by atoms with Crippen LogP contribution in [-0.4, -0.2) is 9.97 Å². The number of nitrogens with zero attached hydrogens (tertiary/aromatic N) is 2. The molecule has 0 atom stereocenters. The van der Waals surface area contributed by atoms with E-state index in [1.165, 1.54) is 10.8 Å². The van der Waals surface area contributed by atoms with Crippen molar-refractivity contribution in [1.29, 1.82) is 0 Å². The molecule has 0 unspecified atom stereocenters. The summed E-state index contributed by atoms with van der Waals surface area (Å²) in [4.78, 5) is 9.40. The lowest BCUT2D eigenvalue weighted by molar-refractivity contribution is 0.670. The van der Waals surface area contributed by atoms with Crippen LogP contribution in [0.25, 0.3) is 76.8 Å². The highest BCUT2D eigenvalue weighted by atomic mass is 16.3. The summed E-state index contributed by atoms with van der Waals surface area (Å²) in [6, 6.07) is 38.4. The number of furan rings is 1. The molecule has 37 heavy (non-hydrogen) atoms. The lowest BCUT2D eigenvalue weighted by atomic mass is 9.94. The first-order valence-corrected chi connectivity index (χ1v) is 12.4. The average Bonchev–Trinajstić information content (AvgIpc) is 3.36. The summed E-state index contributed by atoms with van der Waals surface area (Å²) in [5.74, 6) is 0. The van der Waals surface area contributed by atoms with E-state index in [9.17, 15) is 0 Å². The van der Waals surface area contributed by atoms with Crippen molar-refractivity contribution in [3.05, 3.63) is 122 Å². The molecule has 0 spiro atoms. The van der Waals surface area contributed by atoms with Crippen molar-refractivity contribution in [2.45, 2.75) is 0 Å². The van der Waals surface area contributed by atoms with Crippen LogP contribution in [0, 0.1) is 0 Å². The molecule has 172 valence electrons. The number of rotatable bonds is 2. The van der Waals surface area contributed by atoms with Gasteiger partial charge < -0.3 is 4.42 Å². The summed E-state index contributed by atoms with van der Waals surface area (Å²) < 4.78 is 6.26. The molecule has 0 aliphatic rings. The van der Waals surface area contributed by atoms with Crippen molar-refractivity contribution in [2.24, 2.45) is 0 Å². The van der Waals surface area contributed by atoms with Crippen molar-refractivity contribution in [3.63, 3.8) is 0 Å². The molecular formula is C34H20N2O. The Balaban J connectivity index is 1.28. The van der Waals surface area contributed by atoms with Crippen molar-refractivity contribution >= 4 is 54.5 Å². The predicted octanol–water partition coefficient (Wildman–Crippen LogP) is 9.17. The molecule has 0 amide bonds. The Morgan fingerprint density at radius 1 is 0.432 bits per heavy atom. The van der Waals surface area contributed by atoms with Crippen LogP contribution in [0.15, 0.2) is 126 Å². The van der Waals surface area contributed by atoms with E-state index in [1.807, 2.05) is 12.1 Å². The lowest BCUT2D eigenvalue weighted by Crippen LogP contribution is -1.89. The third-order valence-corrected chi connectivity index (χ3v) is 7.38. The number of benzene rings is 6. The zero-order chi connectivity index (χ0) is 24.3. The fourth-order valence-corrected chi connectivity index (χ4v) is 5.63. The van der Waals surface area contributed by atoms with E-state index >= 15 is 0 Å². The van der Waals surface area contributed by atoms with Gasteiger partial charge in [-0.1, -0.05) is 97.1 Å². The number of hydrogen-bond donors (Lipinski definition) is 0. The van der Waals surface area contributed by atoms with Crippen LogP contribution in [0.4, 0.5) is 0 Å². The number of fused-ring (bicyclic) bond motifs is 9. The van der Waals surface area contributed by atoms with E-state index in [1.54, 1.807) is 12.4 Å². The van der Waals surface area contributed by atoms with Gasteiger partial charge in [-0.25, -0.2) is 0 Å². The Morgan fingerprint density at radius 3 is 1.89 bits per heavy atom. The molecule has 0 aliphatic carbocycles. The molecule has 0 N–H and O–H groups in total. The molecule has 8 aromatic rings. The van der Waals surface area contributed by atoms with Gasteiger partial charge in [-0.3, -0.25) is 9.97 Å². The van der Waals surface area contributed by atoms with Gasteiger partial charge in [0.15, 0.2) is 0 Å². The normalized spacial score (nSPS) is 11.8. The minimum absolute atomic E-state index is 0.917. The summed E-state index contributed by atoms with van der Waals surface area (Å²) >= 11 is 0. The fraction of sp³-hybridized carbons (Fsp3) is 0. The molecule has 2 aromatic heterocycles. The first-order valence-electron chi connectivity index (χ1n) is 12.4. The first-order chi connectivity index (χ1) is 18.3. The molecule has 0 saturated carbocycles. The van der Waals surface area contributed by atoms with Gasteiger partial charge in [-0.15, -0.1) is 0 Å². The second-order valence-electron chi connectivity index (χ2n) is 9.42. The Bertz CT molecular complexity index is 2100. The van der Waals surface area contributed by atoms with Gasteiger partial charge in [0.1, 0.15) is 11.2 Å². The van der Waals surface area contributed by atoms with Gasteiger partial charge in [0.25, 0.3) is 0 Å². The predicted molar refractivity (Wildman–Crippen MR) is 153 cm³/mol. The zero-order valence-electron chi connectivity index (χ0n) is 19.8. The van der Waals surface area contributed by atoms with E-state index in [4.69, 9.17) is 9.40 Å². The zero-order valence-corrected chi connectivity index (χ0v) is 19.8. The summed E-state index contributed by atoms with van der Waals surface area (Å²) in [5.41, 5.74) is 8.28. The van der Waals surface area contributed by atoms with Crippen LogP contribution >= 0.6 is 0 Å². The van der Waals surface area contributed by atoms with E-state index in [2.05, 4.69) is 102 Å². The van der Waals surface area contributed by atoms with Gasteiger partial charge in [0.2, 0.25) is 0 Å². The van der Waals surface area contributed by atoms with Crippen LogP contribution in [-0.2, 0) is 0 Å². The summed E-state index contributed by atoms with van der Waals surface area (Å²) in [6.45, 7) is 0. The second kappa shape index (κ2) is 7.74. The van der Waals surface area contributed by atoms with Crippen molar-refractivity contribution in [3.8, 4) is 22.3 Å². The average molecular weight is 473 g/mol. The van der Waals surface area contributed by atoms with Gasteiger partial charge in [0, 0.05) is 39.5 Å². The van der Waals surface area contributed by atoms with Crippen LogP contribution in [0.5, 0.6) is 0 Å². The molecule has 0 bridgehead atoms. The van der Waals surface area contributed by atoms with Gasteiger partial charge in [-0.05, 0) is 39.6 Å². The van der Waals surface area contributed by atoms with E-state index in [0.717, 1.165) is 66.0 Å². The summed E-state index contributed by atoms with van der Waals surface area (Å²) in [5, 5.41) is 6.94. The molecule has 0 aliphatic heterocycles. The molecule has 0 fully saturated rings. The van der Waals surface area contributed by atoms with Crippen molar-refractivity contribution in [1.82, 2.24) is 9.97 Å². The monoisotopic (exact) mass is 472 g/mol. The van der Waals surface area contributed by atoms with Crippen LogP contribution in [0.2, 0.25) is 0 Å². The topological polar surface area (TPSA) is 38.9 Å². The summed E-state index contributed by atoms with van der Waals surface area (Å²) in [6.07, 6.45) is 3.54. The Hall–Kier alpha value is -5.02. The molecule has 2 heterocycles. The van der Waals surface area contributed by atoms with Crippen LogP contribution < -0.4 is 0 Å². The molecule has 6 aromatic carbocycles. The molecule has 3 nitrogen and oxygen atoms in total. The Morgan fingerprint density at radius 2 is 1.05 bits per heavy atom. The number of para-hydroxylation sites is 2. The highest BCUT2D eigenvalue weighted by molar-refractivity contribution is 6.23. The van der Waals surface area contributed by atoms with Crippen LogP contribution in [0.1, 0.15) is 0 Å². The SMILES string of the molecule is c1ccc2c(c1)oc1c(-c3ccc(-c4ccc5c6ccccc6c6nccnc6c5c4)cc3)cccc12. The third kappa shape index (κ3) is 3.01. The third-order valence-electron chi connectivity index (χ3n) is 7.38.